The number of piperidine rings is 1. The number of rotatable bonds is 1. The summed E-state index contributed by atoms with van der Waals surface area (Å²) < 4.78 is 0. The van der Waals surface area contributed by atoms with Gasteiger partial charge in [-0.15, -0.1) is 0 Å². The summed E-state index contributed by atoms with van der Waals surface area (Å²) in [4.78, 5) is 18.2. The van der Waals surface area contributed by atoms with Gasteiger partial charge in [-0.25, -0.2) is 0 Å². The number of aromatic nitrogens is 1. The third-order valence-corrected chi connectivity index (χ3v) is 3.45. The van der Waals surface area contributed by atoms with Gasteiger partial charge in [0.05, 0.1) is 0 Å². The molecule has 4 heteroatoms. The highest BCUT2D eigenvalue weighted by Crippen LogP contribution is 2.17. The maximum atomic E-state index is 12.2. The number of nitrogens with two attached hydrogens (primary N) is 1. The lowest BCUT2D eigenvalue weighted by atomic mass is 9.94. The van der Waals surface area contributed by atoms with Crippen LogP contribution in [0, 0.1) is 12.8 Å². The van der Waals surface area contributed by atoms with Gasteiger partial charge in [0.2, 0.25) is 0 Å². The van der Waals surface area contributed by atoms with Crippen molar-refractivity contribution >= 4 is 5.91 Å². The molecule has 0 radical (unpaired) electrons. The zero-order valence-corrected chi connectivity index (χ0v) is 10.4. The van der Waals surface area contributed by atoms with Crippen LogP contribution in [0.4, 0.5) is 0 Å². The zero-order chi connectivity index (χ0) is 12.4. The van der Waals surface area contributed by atoms with E-state index < -0.39 is 0 Å². The molecule has 17 heavy (non-hydrogen) atoms. The van der Waals surface area contributed by atoms with Crippen LogP contribution in [-0.2, 0) is 0 Å². The minimum atomic E-state index is 0.0675. The van der Waals surface area contributed by atoms with E-state index in [2.05, 4.69) is 11.9 Å². The highest BCUT2D eigenvalue weighted by atomic mass is 16.2. The second-order valence-corrected chi connectivity index (χ2v) is 4.87. The predicted octanol–water partition coefficient (Wildman–Crippen LogP) is 1.20. The van der Waals surface area contributed by atoms with Gasteiger partial charge in [0.25, 0.3) is 5.91 Å². The van der Waals surface area contributed by atoms with Gasteiger partial charge in [-0.1, -0.05) is 6.92 Å². The molecule has 2 N–H and O–H groups in total. The second-order valence-electron chi connectivity index (χ2n) is 4.87. The summed E-state index contributed by atoms with van der Waals surface area (Å²) in [5.41, 5.74) is 7.58. The minimum absolute atomic E-state index is 0.0675. The van der Waals surface area contributed by atoms with Gasteiger partial charge in [-0.3, -0.25) is 9.78 Å². The molecule has 2 atom stereocenters. The molecule has 2 heterocycles. The molecule has 1 aliphatic heterocycles. The molecule has 1 fully saturated rings. The van der Waals surface area contributed by atoms with Crippen LogP contribution in [0.3, 0.4) is 0 Å². The highest BCUT2D eigenvalue weighted by Gasteiger charge is 2.26. The van der Waals surface area contributed by atoms with E-state index in [0.717, 1.165) is 18.7 Å². The third-order valence-electron chi connectivity index (χ3n) is 3.45. The summed E-state index contributed by atoms with van der Waals surface area (Å²) in [6, 6.07) is 3.68. The first-order valence-electron chi connectivity index (χ1n) is 6.05. The van der Waals surface area contributed by atoms with Crippen LogP contribution >= 0.6 is 0 Å². The van der Waals surface area contributed by atoms with E-state index in [-0.39, 0.29) is 11.9 Å². The predicted molar refractivity (Wildman–Crippen MR) is 66.6 cm³/mol. The van der Waals surface area contributed by atoms with Crippen molar-refractivity contribution in [2.75, 3.05) is 13.1 Å². The van der Waals surface area contributed by atoms with Gasteiger partial charge < -0.3 is 10.6 Å². The maximum absolute atomic E-state index is 12.2. The molecule has 1 aliphatic rings. The Balaban J connectivity index is 2.10. The molecule has 0 saturated carbocycles. The van der Waals surface area contributed by atoms with Crippen LogP contribution in [0.25, 0.3) is 0 Å². The molecule has 1 amide bonds. The van der Waals surface area contributed by atoms with Crippen molar-refractivity contribution in [2.24, 2.45) is 11.7 Å². The molecule has 1 aromatic rings. The molecule has 1 saturated heterocycles. The molecule has 0 spiro atoms. The lowest BCUT2D eigenvalue weighted by Crippen LogP contribution is -2.49. The van der Waals surface area contributed by atoms with Gasteiger partial charge >= 0.3 is 0 Å². The standard InChI is InChI=1S/C13H19N3O/c1-9-4-6-16(8-12(9)14)13(17)11-3-5-15-10(2)7-11/h3,5,7,9,12H,4,6,8,14H2,1-2H3. The van der Waals surface area contributed by atoms with Gasteiger partial charge in [-0.05, 0) is 31.4 Å². The number of carbonyl (C=O) groups is 1. The normalized spacial score (nSPS) is 24.8. The average Bonchev–Trinajstić information content (AvgIpc) is 2.32. The summed E-state index contributed by atoms with van der Waals surface area (Å²) in [6.07, 6.45) is 2.66. The van der Waals surface area contributed by atoms with Crippen molar-refractivity contribution in [3.63, 3.8) is 0 Å². The van der Waals surface area contributed by atoms with E-state index >= 15 is 0 Å². The number of likely N-dealkylation sites (tertiary alicyclic amines) is 1. The molecule has 0 bridgehead atoms. The Labute approximate surface area is 102 Å². The molecule has 1 aromatic heterocycles. The fourth-order valence-electron chi connectivity index (χ4n) is 2.14. The van der Waals surface area contributed by atoms with Crippen LogP contribution in [0.15, 0.2) is 18.3 Å². The third kappa shape index (κ3) is 2.64. The monoisotopic (exact) mass is 233 g/mol. The Morgan fingerprint density at radius 2 is 2.35 bits per heavy atom. The summed E-state index contributed by atoms with van der Waals surface area (Å²) in [7, 11) is 0. The fraction of sp³-hybridized carbons (Fsp3) is 0.538. The summed E-state index contributed by atoms with van der Waals surface area (Å²) >= 11 is 0. The largest absolute Gasteiger partial charge is 0.337 e. The van der Waals surface area contributed by atoms with E-state index in [1.165, 1.54) is 0 Å². The first-order valence-corrected chi connectivity index (χ1v) is 6.05. The Bertz CT molecular complexity index is 419. The smallest absolute Gasteiger partial charge is 0.254 e. The first kappa shape index (κ1) is 12.0. The fourth-order valence-corrected chi connectivity index (χ4v) is 2.14. The van der Waals surface area contributed by atoms with E-state index in [9.17, 15) is 4.79 Å². The number of nitrogens with zero attached hydrogens (tertiary/aromatic N) is 2. The van der Waals surface area contributed by atoms with Crippen LogP contribution < -0.4 is 5.73 Å². The van der Waals surface area contributed by atoms with Crippen molar-refractivity contribution < 1.29 is 4.79 Å². The molecule has 2 unspecified atom stereocenters. The van der Waals surface area contributed by atoms with Crippen LogP contribution in [0.2, 0.25) is 0 Å². The van der Waals surface area contributed by atoms with Gasteiger partial charge in [0, 0.05) is 36.6 Å². The molecular weight excluding hydrogens is 214 g/mol. The molecule has 0 aliphatic carbocycles. The van der Waals surface area contributed by atoms with Crippen molar-refractivity contribution in [1.29, 1.82) is 0 Å². The lowest BCUT2D eigenvalue weighted by molar-refractivity contribution is 0.0672. The molecule has 92 valence electrons. The van der Waals surface area contributed by atoms with Gasteiger partial charge in [0.1, 0.15) is 0 Å². The number of pyridine rings is 1. The number of hydrogen-bond acceptors (Lipinski definition) is 3. The Hall–Kier alpha value is -1.42. The quantitative estimate of drug-likeness (QED) is 0.793. The first-order chi connectivity index (χ1) is 8.08. The van der Waals surface area contributed by atoms with E-state index in [1.807, 2.05) is 17.9 Å². The zero-order valence-electron chi connectivity index (χ0n) is 10.4. The summed E-state index contributed by atoms with van der Waals surface area (Å²) in [5, 5.41) is 0. The Morgan fingerprint density at radius 1 is 1.59 bits per heavy atom. The molecule has 0 aromatic carbocycles. The van der Waals surface area contributed by atoms with Gasteiger partial charge in [0.15, 0.2) is 0 Å². The SMILES string of the molecule is Cc1cc(C(=O)N2CCC(C)C(N)C2)ccn1. The lowest BCUT2D eigenvalue weighted by Gasteiger charge is -2.35. The number of hydrogen-bond donors (Lipinski definition) is 1. The summed E-state index contributed by atoms with van der Waals surface area (Å²) in [5.74, 6) is 0.566. The van der Waals surface area contributed by atoms with Crippen molar-refractivity contribution in [3.8, 4) is 0 Å². The number of amides is 1. The highest BCUT2D eigenvalue weighted by molar-refractivity contribution is 5.94. The van der Waals surface area contributed by atoms with E-state index in [1.54, 1.807) is 12.3 Å². The Kier molecular flexibility index (Phi) is 3.43. The molecule has 2 rings (SSSR count). The topological polar surface area (TPSA) is 59.2 Å². The van der Waals surface area contributed by atoms with Crippen molar-refractivity contribution in [3.05, 3.63) is 29.6 Å². The Morgan fingerprint density at radius 3 is 3.00 bits per heavy atom. The summed E-state index contributed by atoms with van der Waals surface area (Å²) in [6.45, 7) is 5.49. The van der Waals surface area contributed by atoms with Crippen LogP contribution in [0.1, 0.15) is 29.4 Å². The average molecular weight is 233 g/mol. The van der Waals surface area contributed by atoms with E-state index in [0.29, 0.717) is 18.0 Å². The van der Waals surface area contributed by atoms with Crippen LogP contribution in [0.5, 0.6) is 0 Å². The van der Waals surface area contributed by atoms with Gasteiger partial charge in [-0.2, -0.15) is 0 Å². The van der Waals surface area contributed by atoms with Crippen molar-refractivity contribution in [2.45, 2.75) is 26.3 Å². The second kappa shape index (κ2) is 4.84. The maximum Gasteiger partial charge on any atom is 0.254 e. The minimum Gasteiger partial charge on any atom is -0.337 e. The molecular formula is C13H19N3O. The number of carbonyl (C=O) groups excluding carboxylic acids is 1. The molecule has 4 nitrogen and oxygen atoms in total. The van der Waals surface area contributed by atoms with E-state index in [4.69, 9.17) is 5.73 Å². The van der Waals surface area contributed by atoms with Crippen LogP contribution in [-0.4, -0.2) is 34.9 Å². The van der Waals surface area contributed by atoms with Crippen molar-refractivity contribution in [1.82, 2.24) is 9.88 Å². The number of aryl methyl sites for hydroxylation is 1.